The van der Waals surface area contributed by atoms with Crippen LogP contribution in [0.15, 0.2) is 35.3 Å². The second kappa shape index (κ2) is 6.13. The first kappa shape index (κ1) is 17.0. The number of benzene rings is 1. The molecule has 106 valence electrons. The van der Waals surface area contributed by atoms with Gasteiger partial charge in [-0.15, -0.1) is 6.58 Å². The van der Waals surface area contributed by atoms with Crippen LogP contribution in [0.2, 0.25) is 23.2 Å². The van der Waals surface area contributed by atoms with Crippen LogP contribution in [0.3, 0.4) is 0 Å². The molecule has 0 aliphatic rings. The maximum absolute atomic E-state index is 6.41. The van der Waals surface area contributed by atoms with E-state index in [4.69, 9.17) is 16.0 Å². The van der Waals surface area contributed by atoms with Gasteiger partial charge in [-0.25, -0.2) is 0 Å². The first-order chi connectivity index (χ1) is 8.60. The molecule has 0 heterocycles. The number of halogens is 2. The molecule has 0 spiro atoms. The summed E-state index contributed by atoms with van der Waals surface area (Å²) in [5, 5.41) is 0.863. The van der Waals surface area contributed by atoms with Gasteiger partial charge in [-0.2, -0.15) is 0 Å². The molecule has 1 atom stereocenters. The Labute approximate surface area is 131 Å². The molecule has 1 rings (SSSR count). The average molecular weight is 362 g/mol. The van der Waals surface area contributed by atoms with E-state index in [0.29, 0.717) is 5.02 Å². The largest absolute Gasteiger partial charge is 0.406 e. The molecule has 1 nitrogen and oxygen atoms in total. The summed E-state index contributed by atoms with van der Waals surface area (Å²) in [6.45, 7) is 15.1. The third-order valence-corrected chi connectivity index (χ3v) is 9.61. The van der Waals surface area contributed by atoms with E-state index < -0.39 is 8.32 Å². The molecule has 0 fully saturated rings. The molecule has 0 amide bonds. The second-order valence-electron chi connectivity index (χ2n) is 6.18. The van der Waals surface area contributed by atoms with Crippen LogP contribution < -0.4 is 0 Å². The highest BCUT2D eigenvalue weighted by Crippen LogP contribution is 2.41. The van der Waals surface area contributed by atoms with Crippen molar-refractivity contribution in [2.45, 2.75) is 45.0 Å². The van der Waals surface area contributed by atoms with Crippen molar-refractivity contribution in [1.29, 1.82) is 0 Å². The highest BCUT2D eigenvalue weighted by molar-refractivity contribution is 9.10. The molecule has 0 saturated carbocycles. The van der Waals surface area contributed by atoms with Crippen LogP contribution in [0.4, 0.5) is 0 Å². The van der Waals surface area contributed by atoms with Gasteiger partial charge in [0.05, 0.1) is 11.1 Å². The van der Waals surface area contributed by atoms with Crippen LogP contribution in [-0.2, 0) is 4.43 Å². The second-order valence-corrected chi connectivity index (χ2v) is 12.1. The maximum atomic E-state index is 6.41. The van der Waals surface area contributed by atoms with Gasteiger partial charge in [-0.1, -0.05) is 50.6 Å². The summed E-state index contributed by atoms with van der Waals surface area (Å²) in [4.78, 5) is 0. The van der Waals surface area contributed by atoms with Gasteiger partial charge in [0.25, 0.3) is 0 Å². The Balaban J connectivity index is 3.10. The molecule has 1 aromatic carbocycles. The molecule has 19 heavy (non-hydrogen) atoms. The summed E-state index contributed by atoms with van der Waals surface area (Å²) in [6.07, 6.45) is 1.71. The predicted molar refractivity (Wildman–Crippen MR) is 90.4 cm³/mol. The summed E-state index contributed by atoms with van der Waals surface area (Å²) in [7, 11) is -1.85. The van der Waals surface area contributed by atoms with E-state index in [1.807, 2.05) is 24.3 Å². The summed E-state index contributed by atoms with van der Waals surface area (Å²) in [5.41, 5.74) is 1.03. The van der Waals surface area contributed by atoms with Gasteiger partial charge < -0.3 is 4.43 Å². The third kappa shape index (κ3) is 3.94. The van der Waals surface area contributed by atoms with Crippen molar-refractivity contribution in [1.82, 2.24) is 0 Å². The van der Waals surface area contributed by atoms with Crippen LogP contribution in [0.5, 0.6) is 0 Å². The van der Waals surface area contributed by atoms with Crippen molar-refractivity contribution in [3.8, 4) is 0 Å². The molecular formula is C15H22BrClOSi. The zero-order valence-electron chi connectivity index (χ0n) is 12.3. The van der Waals surface area contributed by atoms with Crippen LogP contribution in [0, 0.1) is 0 Å². The molecule has 0 N–H and O–H groups in total. The quantitative estimate of drug-likeness (QED) is 0.448. The fraction of sp³-hybridized carbons (Fsp3) is 0.467. The Morgan fingerprint density at radius 3 is 2.42 bits per heavy atom. The van der Waals surface area contributed by atoms with E-state index in [9.17, 15) is 0 Å². The van der Waals surface area contributed by atoms with Crippen molar-refractivity contribution in [2.75, 3.05) is 0 Å². The smallest absolute Gasteiger partial charge is 0.193 e. The van der Waals surface area contributed by atoms with Gasteiger partial charge >= 0.3 is 0 Å². The maximum Gasteiger partial charge on any atom is 0.193 e. The van der Waals surface area contributed by atoms with Crippen molar-refractivity contribution >= 4 is 35.8 Å². The lowest BCUT2D eigenvalue weighted by molar-refractivity contribution is 0.229. The lowest BCUT2D eigenvalue weighted by Crippen LogP contribution is -2.41. The van der Waals surface area contributed by atoms with Gasteiger partial charge in [0.15, 0.2) is 8.32 Å². The van der Waals surface area contributed by atoms with Crippen LogP contribution in [0.1, 0.15) is 32.4 Å². The zero-order valence-corrected chi connectivity index (χ0v) is 15.6. The van der Waals surface area contributed by atoms with E-state index in [1.54, 1.807) is 0 Å². The summed E-state index contributed by atoms with van der Waals surface area (Å²) >= 11 is 9.69. The summed E-state index contributed by atoms with van der Waals surface area (Å²) in [6, 6.07) is 5.82. The first-order valence-corrected chi connectivity index (χ1v) is 10.4. The van der Waals surface area contributed by atoms with E-state index in [2.05, 4.69) is 56.4 Å². The Kier molecular flexibility index (Phi) is 5.47. The Morgan fingerprint density at radius 1 is 1.37 bits per heavy atom. The highest BCUT2D eigenvalue weighted by atomic mass is 79.9. The van der Waals surface area contributed by atoms with Crippen LogP contribution >= 0.6 is 27.5 Å². The van der Waals surface area contributed by atoms with Crippen LogP contribution in [0.25, 0.3) is 0 Å². The normalized spacial score (nSPS) is 14.3. The molecule has 0 bridgehead atoms. The molecule has 0 radical (unpaired) electrons. The van der Waals surface area contributed by atoms with Gasteiger partial charge in [-0.05, 0) is 45.7 Å². The fourth-order valence-electron chi connectivity index (χ4n) is 1.47. The Bertz CT molecular complexity index is 466. The summed E-state index contributed by atoms with van der Waals surface area (Å²) < 4.78 is 7.29. The fourth-order valence-corrected chi connectivity index (χ4v) is 3.36. The number of hydrogen-bond donors (Lipinski definition) is 0. The minimum atomic E-state index is -1.85. The van der Waals surface area contributed by atoms with Gasteiger partial charge in [-0.3, -0.25) is 0 Å². The minimum absolute atomic E-state index is 0.131. The van der Waals surface area contributed by atoms with Gasteiger partial charge in [0, 0.05) is 4.47 Å². The molecule has 0 saturated heterocycles. The molecule has 0 aromatic heterocycles. The Morgan fingerprint density at radius 2 is 1.95 bits per heavy atom. The molecule has 0 aliphatic carbocycles. The number of rotatable bonds is 4. The number of hydrogen-bond acceptors (Lipinski definition) is 1. The predicted octanol–water partition coefficient (Wildman–Crippen LogP) is 6.35. The summed E-state index contributed by atoms with van der Waals surface area (Å²) in [5.74, 6) is 0. The van der Waals surface area contributed by atoms with Crippen molar-refractivity contribution in [2.24, 2.45) is 0 Å². The van der Waals surface area contributed by atoms with Crippen molar-refractivity contribution in [3.05, 3.63) is 45.9 Å². The van der Waals surface area contributed by atoms with Gasteiger partial charge in [0.2, 0.25) is 0 Å². The van der Waals surface area contributed by atoms with Crippen molar-refractivity contribution in [3.63, 3.8) is 0 Å². The van der Waals surface area contributed by atoms with Crippen molar-refractivity contribution < 1.29 is 4.43 Å². The van der Waals surface area contributed by atoms with E-state index in [-0.39, 0.29) is 11.1 Å². The lowest BCUT2D eigenvalue weighted by Gasteiger charge is -2.38. The minimum Gasteiger partial charge on any atom is -0.406 e. The third-order valence-electron chi connectivity index (χ3n) is 3.73. The monoisotopic (exact) mass is 360 g/mol. The SMILES string of the molecule is C=CC(O[Si](C)(C)C(C)(C)C)c1cccc(Cl)c1Br. The molecular weight excluding hydrogens is 340 g/mol. The Hall–Kier alpha value is -0.0931. The molecule has 0 aliphatic heterocycles. The van der Waals surface area contributed by atoms with E-state index >= 15 is 0 Å². The highest BCUT2D eigenvalue weighted by Gasteiger charge is 2.39. The lowest BCUT2D eigenvalue weighted by atomic mass is 10.1. The topological polar surface area (TPSA) is 9.23 Å². The molecule has 1 aromatic rings. The zero-order chi connectivity index (χ0) is 14.8. The average Bonchev–Trinajstić information content (AvgIpc) is 2.28. The first-order valence-electron chi connectivity index (χ1n) is 6.34. The standard InChI is InChI=1S/C15H22BrClOSi/c1-7-13(18-19(5,6)15(2,3)4)11-9-8-10-12(17)14(11)16/h7-10,13H,1H2,2-6H3. The van der Waals surface area contributed by atoms with E-state index in [1.165, 1.54) is 0 Å². The van der Waals surface area contributed by atoms with E-state index in [0.717, 1.165) is 10.0 Å². The molecule has 4 heteroatoms. The van der Waals surface area contributed by atoms with Crippen LogP contribution in [-0.4, -0.2) is 8.32 Å². The van der Waals surface area contributed by atoms with Gasteiger partial charge in [0.1, 0.15) is 0 Å². The molecule has 1 unspecified atom stereocenters.